The largest absolute Gasteiger partial charge is 0.480 e. The Labute approximate surface area is 52.8 Å². The van der Waals surface area contributed by atoms with Crippen LogP contribution in [0.5, 0.6) is 0 Å². The quantitative estimate of drug-likeness (QED) is 0.499. The Kier molecular flexibility index (Phi) is 1.68. The van der Waals surface area contributed by atoms with Gasteiger partial charge < -0.3 is 9.84 Å². The highest BCUT2D eigenvalue weighted by Gasteiger charge is 2.29. The van der Waals surface area contributed by atoms with Crippen molar-refractivity contribution in [1.29, 1.82) is 0 Å². The third-order valence-electron chi connectivity index (χ3n) is 1.38. The Morgan fingerprint density at radius 3 is 2.78 bits per heavy atom. The maximum absolute atomic E-state index is 10.3. The van der Waals surface area contributed by atoms with E-state index < -0.39 is 12.0 Å². The normalized spacial score (nSPS) is 34.8. The number of hydrogen-bond acceptors (Lipinski definition) is 3. The molecule has 0 aromatic carbocycles. The summed E-state index contributed by atoms with van der Waals surface area (Å²) in [6, 6.07) is -0.523. The smallest absolute Gasteiger partial charge is 0.323 e. The topological polar surface area (TPSA) is 58.6 Å². The molecule has 0 amide bonds. The SMILES string of the molecule is C[C@@H]1OCNC1C(=O)O. The summed E-state index contributed by atoms with van der Waals surface area (Å²) in [5.41, 5.74) is 0. The predicted molar refractivity (Wildman–Crippen MR) is 30.0 cm³/mol. The van der Waals surface area contributed by atoms with E-state index in [0.29, 0.717) is 6.73 Å². The van der Waals surface area contributed by atoms with E-state index in [1.165, 1.54) is 0 Å². The number of rotatable bonds is 1. The Balaban J connectivity index is 2.49. The summed E-state index contributed by atoms with van der Waals surface area (Å²) >= 11 is 0. The molecule has 1 fully saturated rings. The Morgan fingerprint density at radius 2 is 2.56 bits per heavy atom. The average Bonchev–Trinajstić information content (AvgIpc) is 2.13. The number of hydrogen-bond donors (Lipinski definition) is 2. The summed E-state index contributed by atoms with van der Waals surface area (Å²) in [5.74, 6) is -0.847. The Hall–Kier alpha value is -0.610. The zero-order chi connectivity index (χ0) is 6.85. The van der Waals surface area contributed by atoms with Crippen LogP contribution in [0.4, 0.5) is 0 Å². The van der Waals surface area contributed by atoms with Crippen LogP contribution in [0.15, 0.2) is 0 Å². The molecule has 1 aliphatic heterocycles. The van der Waals surface area contributed by atoms with E-state index in [1.807, 2.05) is 0 Å². The van der Waals surface area contributed by atoms with Gasteiger partial charge in [0.25, 0.3) is 0 Å². The van der Waals surface area contributed by atoms with Gasteiger partial charge in [0.1, 0.15) is 6.04 Å². The van der Waals surface area contributed by atoms with Gasteiger partial charge in [0.15, 0.2) is 0 Å². The van der Waals surface area contributed by atoms with Crippen LogP contribution in [-0.4, -0.2) is 30.0 Å². The van der Waals surface area contributed by atoms with Crippen LogP contribution in [0.2, 0.25) is 0 Å². The summed E-state index contributed by atoms with van der Waals surface area (Å²) in [7, 11) is 0. The predicted octanol–water partition coefficient (Wildman–Crippen LogP) is -0.595. The molecule has 1 aliphatic rings. The first-order chi connectivity index (χ1) is 4.22. The molecular weight excluding hydrogens is 122 g/mol. The van der Waals surface area contributed by atoms with E-state index in [4.69, 9.17) is 9.84 Å². The molecule has 2 N–H and O–H groups in total. The minimum absolute atomic E-state index is 0.206. The second kappa shape index (κ2) is 2.33. The van der Waals surface area contributed by atoms with Crippen LogP contribution < -0.4 is 5.32 Å². The van der Waals surface area contributed by atoms with Gasteiger partial charge in [0, 0.05) is 0 Å². The number of nitrogens with one attached hydrogen (secondary N) is 1. The van der Waals surface area contributed by atoms with Gasteiger partial charge in [-0.05, 0) is 6.92 Å². The van der Waals surface area contributed by atoms with Gasteiger partial charge in [0.05, 0.1) is 12.8 Å². The molecule has 52 valence electrons. The van der Waals surface area contributed by atoms with Crippen molar-refractivity contribution in [2.45, 2.75) is 19.1 Å². The lowest BCUT2D eigenvalue weighted by molar-refractivity contribution is -0.140. The van der Waals surface area contributed by atoms with Crippen LogP contribution >= 0.6 is 0 Å². The van der Waals surface area contributed by atoms with Crippen molar-refractivity contribution in [1.82, 2.24) is 5.32 Å². The van der Waals surface area contributed by atoms with E-state index in [0.717, 1.165) is 0 Å². The highest BCUT2D eigenvalue weighted by Crippen LogP contribution is 2.04. The molecule has 4 heteroatoms. The van der Waals surface area contributed by atoms with E-state index >= 15 is 0 Å². The minimum Gasteiger partial charge on any atom is -0.480 e. The summed E-state index contributed by atoms with van der Waals surface area (Å²) in [6.45, 7) is 2.08. The monoisotopic (exact) mass is 131 g/mol. The third kappa shape index (κ3) is 1.20. The third-order valence-corrected chi connectivity index (χ3v) is 1.38. The van der Waals surface area contributed by atoms with Crippen LogP contribution in [0.25, 0.3) is 0 Å². The van der Waals surface area contributed by atoms with Gasteiger partial charge in [-0.3, -0.25) is 10.1 Å². The molecule has 9 heavy (non-hydrogen) atoms. The molecule has 1 rings (SSSR count). The van der Waals surface area contributed by atoms with Crippen molar-refractivity contribution >= 4 is 5.97 Å². The fourth-order valence-corrected chi connectivity index (χ4v) is 0.820. The summed E-state index contributed by atoms with van der Waals surface area (Å²) in [5, 5.41) is 11.1. The molecule has 4 nitrogen and oxygen atoms in total. The minimum atomic E-state index is -0.847. The van der Waals surface area contributed by atoms with Gasteiger partial charge in [-0.1, -0.05) is 0 Å². The maximum atomic E-state index is 10.3. The number of carboxylic acid groups (broad SMARTS) is 1. The highest BCUT2D eigenvalue weighted by molar-refractivity contribution is 5.74. The number of carboxylic acids is 1. The molecule has 0 aliphatic carbocycles. The lowest BCUT2D eigenvalue weighted by Crippen LogP contribution is -2.36. The van der Waals surface area contributed by atoms with Gasteiger partial charge in [-0.25, -0.2) is 0 Å². The lowest BCUT2D eigenvalue weighted by Gasteiger charge is -2.06. The van der Waals surface area contributed by atoms with Crippen molar-refractivity contribution in [2.24, 2.45) is 0 Å². The molecule has 0 spiro atoms. The van der Waals surface area contributed by atoms with Crippen LogP contribution in [0.3, 0.4) is 0 Å². The molecule has 1 saturated heterocycles. The standard InChI is InChI=1S/C5H9NO3/c1-3-4(5(7)8)6-2-9-3/h3-4,6H,2H2,1H3,(H,7,8)/t3-,4?/m0/s1. The molecule has 0 aromatic rings. The van der Waals surface area contributed by atoms with Crippen LogP contribution in [0, 0.1) is 0 Å². The first kappa shape index (κ1) is 6.51. The summed E-state index contributed by atoms with van der Waals surface area (Å²) < 4.78 is 4.93. The van der Waals surface area contributed by atoms with Crippen molar-refractivity contribution in [3.05, 3.63) is 0 Å². The first-order valence-corrected chi connectivity index (χ1v) is 2.79. The summed E-state index contributed by atoms with van der Waals surface area (Å²) in [6.07, 6.45) is -0.206. The molecule has 0 saturated carbocycles. The van der Waals surface area contributed by atoms with E-state index in [9.17, 15) is 4.79 Å². The fourth-order valence-electron chi connectivity index (χ4n) is 0.820. The van der Waals surface area contributed by atoms with Crippen molar-refractivity contribution in [3.8, 4) is 0 Å². The molecule has 2 atom stereocenters. The van der Waals surface area contributed by atoms with E-state index in [1.54, 1.807) is 6.92 Å². The number of carbonyl (C=O) groups is 1. The molecular formula is C5H9NO3. The average molecular weight is 131 g/mol. The second-order valence-electron chi connectivity index (χ2n) is 2.04. The fraction of sp³-hybridized carbons (Fsp3) is 0.800. The molecule has 1 unspecified atom stereocenters. The Morgan fingerprint density at radius 1 is 1.89 bits per heavy atom. The van der Waals surface area contributed by atoms with Gasteiger partial charge in [-0.15, -0.1) is 0 Å². The molecule has 1 heterocycles. The van der Waals surface area contributed by atoms with E-state index in [-0.39, 0.29) is 6.10 Å². The molecule has 0 radical (unpaired) electrons. The summed E-state index contributed by atoms with van der Waals surface area (Å²) in [4.78, 5) is 10.3. The maximum Gasteiger partial charge on any atom is 0.323 e. The number of aliphatic carboxylic acids is 1. The molecule has 0 aromatic heterocycles. The van der Waals surface area contributed by atoms with Crippen molar-refractivity contribution in [2.75, 3.05) is 6.73 Å². The zero-order valence-electron chi connectivity index (χ0n) is 5.13. The second-order valence-corrected chi connectivity index (χ2v) is 2.04. The van der Waals surface area contributed by atoms with Gasteiger partial charge >= 0.3 is 5.97 Å². The van der Waals surface area contributed by atoms with Crippen LogP contribution in [-0.2, 0) is 9.53 Å². The first-order valence-electron chi connectivity index (χ1n) is 2.79. The lowest BCUT2D eigenvalue weighted by atomic mass is 10.2. The van der Waals surface area contributed by atoms with Crippen molar-refractivity contribution in [3.63, 3.8) is 0 Å². The number of ether oxygens (including phenoxy) is 1. The van der Waals surface area contributed by atoms with Gasteiger partial charge in [-0.2, -0.15) is 0 Å². The highest BCUT2D eigenvalue weighted by atomic mass is 16.5. The zero-order valence-corrected chi connectivity index (χ0v) is 5.13. The molecule has 0 bridgehead atoms. The Bertz CT molecular complexity index is 125. The van der Waals surface area contributed by atoms with Crippen molar-refractivity contribution < 1.29 is 14.6 Å². The van der Waals surface area contributed by atoms with Crippen LogP contribution in [0.1, 0.15) is 6.92 Å². The van der Waals surface area contributed by atoms with E-state index in [2.05, 4.69) is 5.32 Å². The van der Waals surface area contributed by atoms with Gasteiger partial charge in [0.2, 0.25) is 0 Å².